The zero-order valence-corrected chi connectivity index (χ0v) is 8.55. The molecule has 1 unspecified atom stereocenters. The van der Waals surface area contributed by atoms with Crippen LogP contribution in [-0.2, 0) is 9.47 Å². The van der Waals surface area contributed by atoms with Crippen molar-refractivity contribution in [2.45, 2.75) is 30.0 Å². The molecule has 2 nitrogen and oxygen atoms in total. The van der Waals surface area contributed by atoms with E-state index in [1.54, 1.807) is 0 Å². The first kappa shape index (κ1) is 8.74. The lowest BCUT2D eigenvalue weighted by Gasteiger charge is -2.36. The molecule has 0 spiro atoms. The van der Waals surface area contributed by atoms with E-state index in [9.17, 15) is 0 Å². The predicted molar refractivity (Wildman–Crippen MR) is 48.4 cm³/mol. The highest BCUT2D eigenvalue weighted by atomic mass is 127. The molecule has 0 aromatic carbocycles. The summed E-state index contributed by atoms with van der Waals surface area (Å²) in [4.78, 5) is 0. The van der Waals surface area contributed by atoms with Gasteiger partial charge in [0.05, 0.1) is 19.3 Å². The Kier molecular flexibility index (Phi) is 2.94. The Balaban J connectivity index is 2.51. The molecule has 1 heterocycles. The minimum absolute atomic E-state index is 0.106. The molecule has 0 aromatic heterocycles. The highest BCUT2D eigenvalue weighted by molar-refractivity contribution is 14.1. The van der Waals surface area contributed by atoms with Crippen LogP contribution in [0.25, 0.3) is 0 Å². The average molecular weight is 256 g/mol. The maximum absolute atomic E-state index is 5.53. The molecular formula is C7H13IO2. The van der Waals surface area contributed by atoms with Crippen LogP contribution < -0.4 is 0 Å². The summed E-state index contributed by atoms with van der Waals surface area (Å²) in [5.41, 5.74) is 0. The van der Waals surface area contributed by atoms with Crippen molar-refractivity contribution in [2.24, 2.45) is 0 Å². The van der Waals surface area contributed by atoms with Gasteiger partial charge < -0.3 is 9.47 Å². The highest BCUT2D eigenvalue weighted by Crippen LogP contribution is 2.31. The van der Waals surface area contributed by atoms with Crippen LogP contribution in [0.4, 0.5) is 0 Å². The summed E-state index contributed by atoms with van der Waals surface area (Å²) >= 11 is 2.31. The Morgan fingerprint density at radius 1 is 1.60 bits per heavy atom. The maximum Gasteiger partial charge on any atom is 0.142 e. The zero-order chi connectivity index (χ0) is 7.61. The van der Waals surface area contributed by atoms with Crippen molar-refractivity contribution in [2.75, 3.05) is 13.2 Å². The standard InChI is InChI=1S/C7H13IO2/c1-3-6-7(2,8)10-5-4-9-6/h6H,3-5H2,1-2H3/t6?,7-/m1/s1. The number of ether oxygens (including phenoxy) is 2. The molecule has 0 aliphatic carbocycles. The van der Waals surface area contributed by atoms with Crippen molar-refractivity contribution < 1.29 is 9.47 Å². The van der Waals surface area contributed by atoms with Crippen molar-refractivity contribution in [1.82, 2.24) is 0 Å². The molecule has 0 N–H and O–H groups in total. The van der Waals surface area contributed by atoms with Gasteiger partial charge in [-0.25, -0.2) is 0 Å². The molecule has 1 fully saturated rings. The van der Waals surface area contributed by atoms with Crippen molar-refractivity contribution in [3.05, 3.63) is 0 Å². The first-order valence-corrected chi connectivity index (χ1v) is 4.69. The van der Waals surface area contributed by atoms with E-state index in [0.29, 0.717) is 0 Å². The first-order chi connectivity index (χ1) is 4.67. The molecule has 1 saturated heterocycles. The Morgan fingerprint density at radius 3 is 2.70 bits per heavy atom. The molecule has 3 heteroatoms. The van der Waals surface area contributed by atoms with Crippen LogP contribution >= 0.6 is 22.6 Å². The largest absolute Gasteiger partial charge is 0.372 e. The molecule has 0 bridgehead atoms. The lowest BCUT2D eigenvalue weighted by Crippen LogP contribution is -2.43. The third-order valence-corrected chi connectivity index (χ3v) is 2.74. The number of alkyl halides is 1. The summed E-state index contributed by atoms with van der Waals surface area (Å²) in [5, 5.41) is 0. The Bertz CT molecular complexity index is 114. The number of rotatable bonds is 1. The van der Waals surface area contributed by atoms with Gasteiger partial charge in [0, 0.05) is 0 Å². The lowest BCUT2D eigenvalue weighted by molar-refractivity contribution is -0.142. The fourth-order valence-corrected chi connectivity index (χ4v) is 2.00. The van der Waals surface area contributed by atoms with Gasteiger partial charge in [0.1, 0.15) is 3.61 Å². The van der Waals surface area contributed by atoms with Crippen molar-refractivity contribution in [3.63, 3.8) is 0 Å². The summed E-state index contributed by atoms with van der Waals surface area (Å²) in [5.74, 6) is 0. The van der Waals surface area contributed by atoms with Crippen LogP contribution in [0, 0.1) is 0 Å². The highest BCUT2D eigenvalue weighted by Gasteiger charge is 2.34. The van der Waals surface area contributed by atoms with Gasteiger partial charge in [-0.05, 0) is 35.9 Å². The molecule has 1 aliphatic rings. The Labute approximate surface area is 75.4 Å². The fraction of sp³-hybridized carbons (Fsp3) is 1.00. The molecule has 0 radical (unpaired) electrons. The molecule has 0 amide bonds. The summed E-state index contributed by atoms with van der Waals surface area (Å²) < 4.78 is 10.9. The maximum atomic E-state index is 5.53. The number of halogens is 1. The van der Waals surface area contributed by atoms with E-state index in [4.69, 9.17) is 9.47 Å². The summed E-state index contributed by atoms with van der Waals surface area (Å²) in [6.45, 7) is 5.67. The van der Waals surface area contributed by atoms with E-state index in [1.807, 2.05) is 0 Å². The van der Waals surface area contributed by atoms with E-state index in [-0.39, 0.29) is 9.71 Å². The summed E-state index contributed by atoms with van der Waals surface area (Å²) in [6, 6.07) is 0. The molecule has 60 valence electrons. The lowest BCUT2D eigenvalue weighted by atomic mass is 10.1. The van der Waals surface area contributed by atoms with Crippen LogP contribution in [0.1, 0.15) is 20.3 Å². The van der Waals surface area contributed by atoms with Gasteiger partial charge in [0.25, 0.3) is 0 Å². The van der Waals surface area contributed by atoms with Crippen LogP contribution in [-0.4, -0.2) is 22.9 Å². The number of hydrogen-bond donors (Lipinski definition) is 0. The minimum Gasteiger partial charge on any atom is -0.372 e. The van der Waals surface area contributed by atoms with Crippen molar-refractivity contribution in [1.29, 1.82) is 0 Å². The minimum atomic E-state index is -0.106. The third kappa shape index (κ3) is 1.83. The molecule has 0 aromatic rings. The monoisotopic (exact) mass is 256 g/mol. The topological polar surface area (TPSA) is 18.5 Å². The average Bonchev–Trinajstić information content (AvgIpc) is 1.87. The van der Waals surface area contributed by atoms with Gasteiger partial charge in [-0.3, -0.25) is 0 Å². The quantitative estimate of drug-likeness (QED) is 0.527. The fourth-order valence-electron chi connectivity index (χ4n) is 1.16. The molecule has 0 saturated carbocycles. The molecule has 1 aliphatic heterocycles. The van der Waals surface area contributed by atoms with Crippen molar-refractivity contribution in [3.8, 4) is 0 Å². The van der Waals surface area contributed by atoms with Crippen molar-refractivity contribution >= 4 is 22.6 Å². The summed E-state index contributed by atoms with van der Waals surface area (Å²) in [6.07, 6.45) is 1.29. The van der Waals surface area contributed by atoms with Crippen LogP contribution in [0.5, 0.6) is 0 Å². The molecular weight excluding hydrogens is 243 g/mol. The first-order valence-electron chi connectivity index (χ1n) is 3.61. The molecule has 1 rings (SSSR count). The smallest absolute Gasteiger partial charge is 0.142 e. The second-order valence-corrected chi connectivity index (χ2v) is 4.74. The Morgan fingerprint density at radius 2 is 2.30 bits per heavy atom. The van der Waals surface area contributed by atoms with E-state index < -0.39 is 0 Å². The van der Waals surface area contributed by atoms with Crippen LogP contribution in [0.2, 0.25) is 0 Å². The van der Waals surface area contributed by atoms with E-state index in [2.05, 4.69) is 36.4 Å². The third-order valence-electron chi connectivity index (χ3n) is 1.73. The van der Waals surface area contributed by atoms with Gasteiger partial charge in [-0.2, -0.15) is 0 Å². The van der Waals surface area contributed by atoms with Gasteiger partial charge in [-0.1, -0.05) is 6.92 Å². The molecule has 2 atom stereocenters. The van der Waals surface area contributed by atoms with Gasteiger partial charge >= 0.3 is 0 Å². The van der Waals surface area contributed by atoms with E-state index in [0.717, 1.165) is 19.6 Å². The Hall–Kier alpha value is 0.650. The predicted octanol–water partition coefficient (Wildman–Crippen LogP) is 1.96. The second-order valence-electron chi connectivity index (χ2n) is 2.60. The van der Waals surface area contributed by atoms with Gasteiger partial charge in [-0.15, -0.1) is 0 Å². The summed E-state index contributed by atoms with van der Waals surface area (Å²) in [7, 11) is 0. The second kappa shape index (κ2) is 3.36. The van der Waals surface area contributed by atoms with Crippen LogP contribution in [0.3, 0.4) is 0 Å². The number of hydrogen-bond acceptors (Lipinski definition) is 2. The molecule has 10 heavy (non-hydrogen) atoms. The zero-order valence-electron chi connectivity index (χ0n) is 6.39. The van der Waals surface area contributed by atoms with Gasteiger partial charge in [0.2, 0.25) is 0 Å². The van der Waals surface area contributed by atoms with E-state index >= 15 is 0 Å². The SMILES string of the molecule is CCC1OCCO[C@@]1(C)I. The van der Waals surface area contributed by atoms with E-state index in [1.165, 1.54) is 0 Å². The normalized spacial score (nSPS) is 41.7. The van der Waals surface area contributed by atoms with Crippen LogP contribution in [0.15, 0.2) is 0 Å². The van der Waals surface area contributed by atoms with Gasteiger partial charge in [0.15, 0.2) is 0 Å².